The van der Waals surface area contributed by atoms with Gasteiger partial charge in [0.05, 0.1) is 20.5 Å². The fourth-order valence-corrected chi connectivity index (χ4v) is 8.43. The van der Waals surface area contributed by atoms with Crippen LogP contribution in [0.1, 0.15) is 150 Å². The van der Waals surface area contributed by atoms with E-state index < -0.39 is 0 Å². The standard InChI is InChI=1S/C46H54S2/c1-3-5-7-9-11-13-15-17-19-37-21-25-39(26-22-37)29-31-41-43-33-35-48-46(43)42(44-34-36-47-45(41)44)32-30-40-27-23-38(24-28-40)20-18-16-14-12-10-8-6-4-2/h21-28,33-36H,3-20H2,1-2H3. The molecule has 2 heteroatoms. The van der Waals surface area contributed by atoms with Gasteiger partial charge in [0.1, 0.15) is 0 Å². The molecule has 0 aliphatic carbocycles. The molecule has 0 bridgehead atoms. The van der Waals surface area contributed by atoms with Crippen LogP contribution in [0.2, 0.25) is 0 Å². The van der Waals surface area contributed by atoms with Crippen molar-refractivity contribution in [3.05, 3.63) is 105 Å². The summed E-state index contributed by atoms with van der Waals surface area (Å²) in [6, 6.07) is 22.3. The Morgan fingerprint density at radius 3 is 1.12 bits per heavy atom. The number of hydrogen-bond acceptors (Lipinski definition) is 2. The lowest BCUT2D eigenvalue weighted by molar-refractivity contribution is 0.575. The molecule has 0 atom stereocenters. The lowest BCUT2D eigenvalue weighted by Crippen LogP contribution is -1.88. The van der Waals surface area contributed by atoms with Gasteiger partial charge in [0.25, 0.3) is 0 Å². The highest BCUT2D eigenvalue weighted by Gasteiger charge is 2.14. The lowest BCUT2D eigenvalue weighted by Gasteiger charge is -2.04. The molecule has 0 nitrogen and oxygen atoms in total. The van der Waals surface area contributed by atoms with Crippen LogP contribution in [0.4, 0.5) is 0 Å². The van der Waals surface area contributed by atoms with Crippen molar-refractivity contribution in [3.63, 3.8) is 0 Å². The highest BCUT2D eigenvalue weighted by Crippen LogP contribution is 2.38. The molecule has 3 aromatic carbocycles. The largest absolute Gasteiger partial charge is 0.142 e. The molecule has 0 N–H and O–H groups in total. The van der Waals surface area contributed by atoms with Crippen LogP contribution in [0.5, 0.6) is 0 Å². The monoisotopic (exact) mass is 670 g/mol. The summed E-state index contributed by atoms with van der Waals surface area (Å²) in [5.74, 6) is 14.1. The third kappa shape index (κ3) is 10.9. The molecule has 0 saturated heterocycles. The predicted octanol–water partition coefficient (Wildman–Crippen LogP) is 14.3. The van der Waals surface area contributed by atoms with E-state index in [0.717, 1.165) is 22.3 Å². The molecule has 48 heavy (non-hydrogen) atoms. The summed E-state index contributed by atoms with van der Waals surface area (Å²) < 4.78 is 2.48. The Kier molecular flexibility index (Phi) is 15.2. The second kappa shape index (κ2) is 20.3. The molecule has 2 aromatic heterocycles. The number of thiophene rings is 2. The molecule has 2 heterocycles. The van der Waals surface area contributed by atoms with Gasteiger partial charge in [-0.25, -0.2) is 0 Å². The van der Waals surface area contributed by atoms with Gasteiger partial charge in [0.15, 0.2) is 0 Å². The molecule has 5 rings (SSSR count). The van der Waals surface area contributed by atoms with Crippen LogP contribution in [-0.4, -0.2) is 0 Å². The van der Waals surface area contributed by atoms with Crippen molar-refractivity contribution < 1.29 is 0 Å². The summed E-state index contributed by atoms with van der Waals surface area (Å²) in [5, 5.41) is 6.81. The van der Waals surface area contributed by atoms with Gasteiger partial charge < -0.3 is 0 Å². The van der Waals surface area contributed by atoms with Crippen molar-refractivity contribution in [2.75, 3.05) is 0 Å². The first-order valence-electron chi connectivity index (χ1n) is 18.9. The van der Waals surface area contributed by atoms with E-state index in [4.69, 9.17) is 0 Å². The molecule has 250 valence electrons. The maximum atomic E-state index is 3.58. The van der Waals surface area contributed by atoms with E-state index in [1.807, 2.05) is 0 Å². The summed E-state index contributed by atoms with van der Waals surface area (Å²) >= 11 is 3.55. The second-order valence-corrected chi connectivity index (χ2v) is 15.3. The van der Waals surface area contributed by atoms with E-state index in [1.165, 1.54) is 147 Å². The van der Waals surface area contributed by atoms with Gasteiger partial charge in [-0.15, -0.1) is 22.7 Å². The number of benzene rings is 3. The maximum Gasteiger partial charge on any atom is 0.0519 e. The number of aryl methyl sites for hydroxylation is 2. The van der Waals surface area contributed by atoms with E-state index in [2.05, 4.69) is 109 Å². The molecular weight excluding hydrogens is 617 g/mol. The lowest BCUT2D eigenvalue weighted by atomic mass is 10.0. The first-order chi connectivity index (χ1) is 23.8. The average molecular weight is 671 g/mol. The SMILES string of the molecule is CCCCCCCCCCc1ccc(C#Cc2c3ccsc3c(C#Cc3ccc(CCCCCCCCCC)cc3)c3ccsc23)cc1. The second-order valence-electron chi connectivity index (χ2n) is 13.4. The summed E-state index contributed by atoms with van der Waals surface area (Å²) in [7, 11) is 0. The van der Waals surface area contributed by atoms with E-state index in [0.29, 0.717) is 0 Å². The number of unbranched alkanes of at least 4 members (excludes halogenated alkanes) is 14. The molecule has 0 aliphatic heterocycles. The van der Waals surface area contributed by atoms with Crippen LogP contribution in [0.25, 0.3) is 20.2 Å². The Balaban J connectivity index is 1.20. The smallest absolute Gasteiger partial charge is 0.0519 e. The Labute approximate surface area is 299 Å². The van der Waals surface area contributed by atoms with Crippen molar-refractivity contribution in [1.82, 2.24) is 0 Å². The van der Waals surface area contributed by atoms with Crippen LogP contribution < -0.4 is 0 Å². The van der Waals surface area contributed by atoms with Crippen LogP contribution in [-0.2, 0) is 12.8 Å². The Morgan fingerprint density at radius 2 is 0.750 bits per heavy atom. The van der Waals surface area contributed by atoms with Crippen molar-refractivity contribution in [2.24, 2.45) is 0 Å². The van der Waals surface area contributed by atoms with Crippen LogP contribution in [0, 0.1) is 23.7 Å². The van der Waals surface area contributed by atoms with Gasteiger partial charge in [0, 0.05) is 21.9 Å². The molecule has 5 aromatic rings. The van der Waals surface area contributed by atoms with Crippen molar-refractivity contribution in [3.8, 4) is 23.7 Å². The normalized spacial score (nSPS) is 11.0. The minimum Gasteiger partial charge on any atom is -0.142 e. The molecule has 0 saturated carbocycles. The zero-order chi connectivity index (χ0) is 33.2. The summed E-state index contributed by atoms with van der Waals surface area (Å²) in [4.78, 5) is 0. The average Bonchev–Trinajstić information content (AvgIpc) is 3.81. The van der Waals surface area contributed by atoms with Gasteiger partial charge in [-0.05, 0) is 84.0 Å². The van der Waals surface area contributed by atoms with Crippen LogP contribution in [0.15, 0.2) is 71.4 Å². The molecular formula is C46H54S2. The van der Waals surface area contributed by atoms with E-state index in [-0.39, 0.29) is 0 Å². The first kappa shape index (κ1) is 36.0. The maximum absolute atomic E-state index is 3.58. The highest BCUT2D eigenvalue weighted by atomic mass is 32.1. The van der Waals surface area contributed by atoms with Gasteiger partial charge in [-0.3, -0.25) is 0 Å². The minimum atomic E-state index is 1.08. The van der Waals surface area contributed by atoms with Gasteiger partial charge in [-0.1, -0.05) is 152 Å². The minimum absolute atomic E-state index is 1.08. The fraction of sp³-hybridized carbons (Fsp3) is 0.435. The van der Waals surface area contributed by atoms with Gasteiger partial charge in [0.2, 0.25) is 0 Å². The summed E-state index contributed by atoms with van der Waals surface area (Å²) in [6.07, 6.45) is 24.2. The number of fused-ring (bicyclic) bond motifs is 2. The summed E-state index contributed by atoms with van der Waals surface area (Å²) in [6.45, 7) is 4.57. The van der Waals surface area contributed by atoms with Crippen molar-refractivity contribution in [1.29, 1.82) is 0 Å². The molecule has 0 fully saturated rings. The number of hydrogen-bond donors (Lipinski definition) is 0. The first-order valence-corrected chi connectivity index (χ1v) is 20.6. The molecule has 0 amide bonds. The molecule has 0 spiro atoms. The summed E-state index contributed by atoms with van der Waals surface area (Å²) in [5.41, 5.74) is 7.28. The third-order valence-corrected chi connectivity index (χ3v) is 11.4. The van der Waals surface area contributed by atoms with E-state index in [9.17, 15) is 0 Å². The topological polar surface area (TPSA) is 0 Å². The molecule has 0 unspecified atom stereocenters. The van der Waals surface area contributed by atoms with Crippen LogP contribution in [0.3, 0.4) is 0 Å². The van der Waals surface area contributed by atoms with Gasteiger partial charge >= 0.3 is 0 Å². The Bertz CT molecular complexity index is 1610. The highest BCUT2D eigenvalue weighted by molar-refractivity contribution is 7.19. The number of rotatable bonds is 18. The van der Waals surface area contributed by atoms with E-state index in [1.54, 1.807) is 22.7 Å². The zero-order valence-corrected chi connectivity index (χ0v) is 31.1. The molecule has 0 aliphatic rings. The van der Waals surface area contributed by atoms with Crippen molar-refractivity contribution >= 4 is 42.8 Å². The van der Waals surface area contributed by atoms with Crippen molar-refractivity contribution in [2.45, 2.75) is 129 Å². The Hall–Kier alpha value is -3.30. The Morgan fingerprint density at radius 1 is 0.396 bits per heavy atom. The quantitative estimate of drug-likeness (QED) is 0.0643. The third-order valence-electron chi connectivity index (χ3n) is 9.53. The zero-order valence-electron chi connectivity index (χ0n) is 29.5. The van der Waals surface area contributed by atoms with E-state index >= 15 is 0 Å². The predicted molar refractivity (Wildman–Crippen MR) is 215 cm³/mol. The fourth-order valence-electron chi connectivity index (χ4n) is 6.60. The van der Waals surface area contributed by atoms with Crippen LogP contribution >= 0.6 is 22.7 Å². The van der Waals surface area contributed by atoms with Gasteiger partial charge in [-0.2, -0.15) is 0 Å². The molecule has 0 radical (unpaired) electrons.